The zero-order valence-electron chi connectivity index (χ0n) is 10.8. The Morgan fingerprint density at radius 1 is 1.20 bits per heavy atom. The van der Waals surface area contributed by atoms with E-state index in [1.807, 2.05) is 6.08 Å². The lowest BCUT2D eigenvalue weighted by Gasteiger charge is -2.33. The van der Waals surface area contributed by atoms with Crippen LogP contribution in [0.3, 0.4) is 0 Å². The number of ketones is 1. The van der Waals surface area contributed by atoms with E-state index in [0.29, 0.717) is 17.8 Å². The van der Waals surface area contributed by atoms with Crippen molar-refractivity contribution >= 4 is 5.78 Å². The molecule has 0 saturated carbocycles. The van der Waals surface area contributed by atoms with Gasteiger partial charge in [0.1, 0.15) is 23.7 Å². The molecule has 2 aliphatic carbocycles. The zero-order valence-corrected chi connectivity index (χ0v) is 10.8. The van der Waals surface area contributed by atoms with Gasteiger partial charge in [0.05, 0.1) is 18.1 Å². The summed E-state index contributed by atoms with van der Waals surface area (Å²) in [6.45, 7) is 0.244. The van der Waals surface area contributed by atoms with Crippen molar-refractivity contribution in [2.24, 2.45) is 11.8 Å². The summed E-state index contributed by atoms with van der Waals surface area (Å²) in [7, 11) is 0. The normalized spacial score (nSPS) is 36.5. The molecule has 0 bridgehead atoms. The molecule has 0 aromatic rings. The molecule has 3 N–H and O–H groups in total. The van der Waals surface area contributed by atoms with Gasteiger partial charge in [-0.05, 0) is 36.6 Å². The van der Waals surface area contributed by atoms with E-state index in [2.05, 4.69) is 0 Å². The summed E-state index contributed by atoms with van der Waals surface area (Å²) in [6, 6.07) is 0. The van der Waals surface area contributed by atoms with Gasteiger partial charge in [0.25, 0.3) is 0 Å². The summed E-state index contributed by atoms with van der Waals surface area (Å²) in [4.78, 5) is 12.5. The van der Waals surface area contributed by atoms with Crippen LogP contribution in [0.1, 0.15) is 6.42 Å². The van der Waals surface area contributed by atoms with Crippen molar-refractivity contribution in [2.45, 2.75) is 18.6 Å². The minimum absolute atomic E-state index is 0.0233. The van der Waals surface area contributed by atoms with Gasteiger partial charge in [0, 0.05) is 0 Å². The van der Waals surface area contributed by atoms with Crippen LogP contribution in [0.15, 0.2) is 47.5 Å². The maximum atomic E-state index is 12.5. The maximum Gasteiger partial charge on any atom is 0.173 e. The lowest BCUT2D eigenvalue weighted by Crippen LogP contribution is -2.38. The molecule has 1 heterocycles. The van der Waals surface area contributed by atoms with Crippen molar-refractivity contribution in [1.29, 1.82) is 0 Å². The Morgan fingerprint density at radius 2 is 1.95 bits per heavy atom. The highest BCUT2D eigenvalue weighted by atomic mass is 16.5. The number of carbonyl (C=O) groups excluding carboxylic acids is 1. The largest absolute Gasteiger partial charge is 0.508 e. The molecule has 106 valence electrons. The first-order chi connectivity index (χ1) is 9.56. The van der Waals surface area contributed by atoms with Gasteiger partial charge in [-0.2, -0.15) is 0 Å². The Balaban J connectivity index is 1.82. The molecule has 3 aliphatic rings. The molecule has 5 nitrogen and oxygen atoms in total. The summed E-state index contributed by atoms with van der Waals surface area (Å²) in [5.74, 6) is 0.118. The average molecular weight is 276 g/mol. The molecule has 0 aromatic heterocycles. The number of aliphatic hydroxyl groups is 3. The average Bonchev–Trinajstić information content (AvgIpc) is 2.43. The fraction of sp³-hybridized carbons (Fsp3) is 0.400. The highest BCUT2D eigenvalue weighted by Gasteiger charge is 2.38. The standard InChI is InChI=1S/C15H16O5/c16-9-3-1-8(2-4-9)11-7-20-14-6-13(18)12(17)5-10(14)15(11)19/h1,3-6,8,11-13,16-18H,2,7H2. The van der Waals surface area contributed by atoms with Gasteiger partial charge in [0.15, 0.2) is 5.78 Å². The fourth-order valence-electron chi connectivity index (χ4n) is 2.72. The van der Waals surface area contributed by atoms with Crippen LogP contribution in [0.5, 0.6) is 0 Å². The van der Waals surface area contributed by atoms with Crippen molar-refractivity contribution in [3.63, 3.8) is 0 Å². The van der Waals surface area contributed by atoms with Crippen LogP contribution in [0.4, 0.5) is 0 Å². The Hall–Kier alpha value is -1.85. The van der Waals surface area contributed by atoms with E-state index in [-0.39, 0.29) is 30.0 Å². The minimum atomic E-state index is -1.08. The molecule has 3 rings (SSSR count). The van der Waals surface area contributed by atoms with E-state index in [0.717, 1.165) is 0 Å². The van der Waals surface area contributed by atoms with Crippen LogP contribution in [-0.4, -0.2) is 39.9 Å². The van der Waals surface area contributed by atoms with E-state index in [9.17, 15) is 20.1 Å². The van der Waals surface area contributed by atoms with Gasteiger partial charge >= 0.3 is 0 Å². The van der Waals surface area contributed by atoms with E-state index < -0.39 is 12.2 Å². The lowest BCUT2D eigenvalue weighted by atomic mass is 9.79. The molecule has 1 fully saturated rings. The van der Waals surface area contributed by atoms with Crippen molar-refractivity contribution in [3.05, 3.63) is 47.5 Å². The third kappa shape index (κ3) is 2.19. The van der Waals surface area contributed by atoms with Crippen molar-refractivity contribution in [3.8, 4) is 0 Å². The Bertz CT molecular complexity index is 555. The van der Waals surface area contributed by atoms with E-state index in [4.69, 9.17) is 4.74 Å². The Morgan fingerprint density at radius 3 is 2.65 bits per heavy atom. The number of aliphatic hydroxyl groups excluding tert-OH is 3. The van der Waals surface area contributed by atoms with Gasteiger partial charge in [0.2, 0.25) is 0 Å². The van der Waals surface area contributed by atoms with Crippen LogP contribution >= 0.6 is 0 Å². The highest BCUT2D eigenvalue weighted by Crippen LogP contribution is 2.35. The molecular formula is C15H16O5. The van der Waals surface area contributed by atoms with Crippen LogP contribution in [0.25, 0.3) is 0 Å². The van der Waals surface area contributed by atoms with E-state index in [1.54, 1.807) is 12.2 Å². The number of carbonyl (C=O) groups is 1. The topological polar surface area (TPSA) is 87.0 Å². The highest BCUT2D eigenvalue weighted by molar-refractivity contribution is 6.02. The van der Waals surface area contributed by atoms with Crippen molar-refractivity contribution in [2.75, 3.05) is 6.61 Å². The minimum Gasteiger partial charge on any atom is -0.508 e. The van der Waals surface area contributed by atoms with Crippen LogP contribution < -0.4 is 0 Å². The molecule has 20 heavy (non-hydrogen) atoms. The SMILES string of the molecule is O=C1C2=CC(O)C(O)C=C2OCC1C1C=CC(O)=CC1. The predicted octanol–water partition coefficient (Wildman–Crippen LogP) is 0.766. The van der Waals surface area contributed by atoms with Crippen molar-refractivity contribution < 1.29 is 24.9 Å². The number of fused-ring (bicyclic) bond motifs is 1. The fourth-order valence-corrected chi connectivity index (χ4v) is 2.72. The summed E-state index contributed by atoms with van der Waals surface area (Å²) in [6.07, 6.45) is 6.27. The van der Waals surface area contributed by atoms with Crippen LogP contribution in [-0.2, 0) is 9.53 Å². The summed E-state index contributed by atoms with van der Waals surface area (Å²) >= 11 is 0. The molecular weight excluding hydrogens is 260 g/mol. The summed E-state index contributed by atoms with van der Waals surface area (Å²) < 4.78 is 5.55. The summed E-state index contributed by atoms with van der Waals surface area (Å²) in [5.41, 5.74) is 0.339. The first-order valence-corrected chi connectivity index (χ1v) is 6.61. The molecule has 4 unspecified atom stereocenters. The van der Waals surface area contributed by atoms with Crippen LogP contribution in [0, 0.1) is 11.8 Å². The molecule has 0 spiro atoms. The predicted molar refractivity (Wildman–Crippen MR) is 70.6 cm³/mol. The van der Waals surface area contributed by atoms with E-state index in [1.165, 1.54) is 12.2 Å². The molecule has 0 aromatic carbocycles. The molecule has 1 aliphatic heterocycles. The van der Waals surface area contributed by atoms with Gasteiger partial charge in [-0.1, -0.05) is 6.08 Å². The number of ether oxygens (including phenoxy) is 1. The second-order valence-corrected chi connectivity index (χ2v) is 5.26. The zero-order chi connectivity index (χ0) is 14.3. The molecule has 4 atom stereocenters. The third-order valence-corrected chi connectivity index (χ3v) is 3.93. The van der Waals surface area contributed by atoms with Gasteiger partial charge in [-0.3, -0.25) is 4.79 Å². The summed E-state index contributed by atoms with van der Waals surface area (Å²) in [5, 5.41) is 28.5. The molecule has 0 radical (unpaired) electrons. The molecule has 1 saturated heterocycles. The van der Waals surface area contributed by atoms with Gasteiger partial charge in [-0.25, -0.2) is 0 Å². The quantitative estimate of drug-likeness (QED) is 0.658. The monoisotopic (exact) mass is 276 g/mol. The Kier molecular flexibility index (Phi) is 3.23. The number of allylic oxidation sites excluding steroid dienone is 4. The third-order valence-electron chi connectivity index (χ3n) is 3.93. The molecule has 0 amide bonds. The number of Topliss-reactive ketones (excluding diaryl/α,β-unsaturated/α-hetero) is 1. The second kappa shape index (κ2) is 4.92. The lowest BCUT2D eigenvalue weighted by molar-refractivity contribution is -0.124. The maximum absolute atomic E-state index is 12.5. The first kappa shape index (κ1) is 13.1. The van der Waals surface area contributed by atoms with E-state index >= 15 is 0 Å². The number of hydrogen-bond donors (Lipinski definition) is 3. The number of rotatable bonds is 1. The number of hydrogen-bond acceptors (Lipinski definition) is 5. The van der Waals surface area contributed by atoms with Crippen LogP contribution in [0.2, 0.25) is 0 Å². The first-order valence-electron chi connectivity index (χ1n) is 6.61. The Labute approximate surface area is 116 Å². The van der Waals surface area contributed by atoms with Gasteiger partial charge in [-0.15, -0.1) is 0 Å². The second-order valence-electron chi connectivity index (χ2n) is 5.26. The van der Waals surface area contributed by atoms with Gasteiger partial charge < -0.3 is 20.1 Å². The smallest absolute Gasteiger partial charge is 0.173 e. The molecule has 5 heteroatoms. The van der Waals surface area contributed by atoms with Crippen molar-refractivity contribution in [1.82, 2.24) is 0 Å².